The molecule has 0 aromatic heterocycles. The minimum Gasteiger partial charge on any atom is -0.366 e. The number of amides is 2. The van der Waals surface area contributed by atoms with Gasteiger partial charge in [0.25, 0.3) is 5.91 Å². The maximum Gasteiger partial charge on any atom is 0.298 e. The Balaban J connectivity index is 1.72. The van der Waals surface area contributed by atoms with Crippen molar-refractivity contribution in [2.75, 3.05) is 24.5 Å². The normalized spacial score (nSPS) is 22.8. The van der Waals surface area contributed by atoms with E-state index >= 15 is 4.39 Å². The van der Waals surface area contributed by atoms with Gasteiger partial charge in [-0.2, -0.15) is 0 Å². The molecule has 6 heteroatoms. The summed E-state index contributed by atoms with van der Waals surface area (Å²) in [6.45, 7) is 7.54. The third-order valence-electron chi connectivity index (χ3n) is 6.13. The highest BCUT2D eigenvalue weighted by Gasteiger charge is 2.48. The number of hydrogen-bond donors (Lipinski definition) is 1. The third-order valence-corrected chi connectivity index (χ3v) is 6.13. The van der Waals surface area contributed by atoms with Crippen LogP contribution in [-0.4, -0.2) is 42.4 Å². The molecule has 2 saturated heterocycles. The number of nitrogens with zero attached hydrogens (tertiary/aromatic N) is 2. The van der Waals surface area contributed by atoms with Crippen LogP contribution in [0, 0.1) is 23.6 Å². The van der Waals surface area contributed by atoms with Crippen LogP contribution in [-0.2, 0) is 11.2 Å². The Kier molecular flexibility index (Phi) is 3.99. The van der Waals surface area contributed by atoms with Crippen molar-refractivity contribution in [3.8, 4) is 11.8 Å². The zero-order valence-corrected chi connectivity index (χ0v) is 15.7. The molecule has 2 unspecified atom stereocenters. The zero-order valence-electron chi connectivity index (χ0n) is 15.7. The standard InChI is InChI=1S/C21H22FN3O2/c1-4-5-18(26)25-9-13-8-24(10-17(13)25)20-16(22)7-15(21(23)27)14-6-11(2)12(3)19(14)20/h7,13,17H,6,8-10H2,1-3H3,(H2,23,27). The molecule has 1 aromatic rings. The fraction of sp³-hybridized carbons (Fsp3) is 0.429. The minimum atomic E-state index is -0.601. The molecule has 2 atom stereocenters. The predicted molar refractivity (Wildman–Crippen MR) is 102 cm³/mol. The van der Waals surface area contributed by atoms with Crippen molar-refractivity contribution in [3.63, 3.8) is 0 Å². The maximum atomic E-state index is 15.1. The molecule has 1 aromatic carbocycles. The molecule has 4 rings (SSSR count). The first-order valence-corrected chi connectivity index (χ1v) is 9.13. The van der Waals surface area contributed by atoms with Gasteiger partial charge in [-0.25, -0.2) is 4.39 Å². The number of anilines is 1. The first kappa shape index (κ1) is 17.6. The van der Waals surface area contributed by atoms with Crippen LogP contribution in [0.5, 0.6) is 0 Å². The van der Waals surface area contributed by atoms with E-state index in [0.717, 1.165) is 22.3 Å². The molecule has 2 aliphatic heterocycles. The summed E-state index contributed by atoms with van der Waals surface area (Å²) >= 11 is 0. The first-order chi connectivity index (χ1) is 12.8. The lowest BCUT2D eigenvalue weighted by molar-refractivity contribution is -0.134. The molecule has 0 radical (unpaired) electrons. The average molecular weight is 367 g/mol. The highest BCUT2D eigenvalue weighted by molar-refractivity contribution is 5.99. The van der Waals surface area contributed by atoms with Crippen molar-refractivity contribution in [2.24, 2.45) is 11.7 Å². The second-order valence-electron chi connectivity index (χ2n) is 7.62. The van der Waals surface area contributed by atoms with Crippen LogP contribution < -0.4 is 10.6 Å². The highest BCUT2D eigenvalue weighted by atomic mass is 19.1. The average Bonchev–Trinajstić information content (AvgIpc) is 3.06. The second-order valence-corrected chi connectivity index (χ2v) is 7.62. The summed E-state index contributed by atoms with van der Waals surface area (Å²) in [4.78, 5) is 27.7. The Morgan fingerprint density at radius 3 is 2.67 bits per heavy atom. The van der Waals surface area contributed by atoms with Gasteiger partial charge in [-0.3, -0.25) is 9.59 Å². The number of benzene rings is 1. The van der Waals surface area contributed by atoms with Crippen molar-refractivity contribution in [2.45, 2.75) is 33.2 Å². The second kappa shape index (κ2) is 6.12. The van der Waals surface area contributed by atoms with Gasteiger partial charge in [0, 0.05) is 36.7 Å². The number of allylic oxidation sites excluding steroid dienone is 2. The lowest BCUT2D eigenvalue weighted by atomic mass is 9.92. The first-order valence-electron chi connectivity index (χ1n) is 9.13. The Labute approximate surface area is 158 Å². The molecule has 27 heavy (non-hydrogen) atoms. The largest absolute Gasteiger partial charge is 0.366 e. The van der Waals surface area contributed by atoms with E-state index in [2.05, 4.69) is 11.8 Å². The van der Waals surface area contributed by atoms with E-state index in [1.165, 1.54) is 6.07 Å². The molecular formula is C21H22FN3O2. The Morgan fingerprint density at radius 2 is 2.00 bits per heavy atom. The number of carbonyl (C=O) groups is 2. The Hall–Kier alpha value is -2.81. The summed E-state index contributed by atoms with van der Waals surface area (Å²) in [5.41, 5.74) is 10.0. The van der Waals surface area contributed by atoms with Gasteiger partial charge < -0.3 is 15.5 Å². The lowest BCUT2D eigenvalue weighted by Gasteiger charge is -2.42. The SMILES string of the molecule is CC#CC(=O)N1CC2CN(c3c(F)cc(C(N)=O)c4c3C(C)=C(C)C4)CC21. The van der Waals surface area contributed by atoms with Crippen molar-refractivity contribution >= 4 is 23.1 Å². The molecule has 2 N–H and O–H groups in total. The van der Waals surface area contributed by atoms with Crippen LogP contribution >= 0.6 is 0 Å². The van der Waals surface area contributed by atoms with Crippen molar-refractivity contribution < 1.29 is 14.0 Å². The summed E-state index contributed by atoms with van der Waals surface area (Å²) in [6, 6.07) is 1.34. The Morgan fingerprint density at radius 1 is 1.26 bits per heavy atom. The van der Waals surface area contributed by atoms with E-state index in [-0.39, 0.29) is 17.5 Å². The molecule has 140 valence electrons. The van der Waals surface area contributed by atoms with Gasteiger partial charge in [0.1, 0.15) is 5.82 Å². The predicted octanol–water partition coefficient (Wildman–Crippen LogP) is 1.94. The fourth-order valence-corrected chi connectivity index (χ4v) is 4.64. The third kappa shape index (κ3) is 2.53. The molecule has 2 heterocycles. The molecule has 5 nitrogen and oxygen atoms in total. The van der Waals surface area contributed by atoms with E-state index in [1.54, 1.807) is 11.8 Å². The number of hydrogen-bond acceptors (Lipinski definition) is 3. The Bertz CT molecular complexity index is 970. The van der Waals surface area contributed by atoms with Gasteiger partial charge in [-0.15, -0.1) is 0 Å². The topological polar surface area (TPSA) is 66.6 Å². The molecule has 3 aliphatic rings. The summed E-state index contributed by atoms with van der Waals surface area (Å²) < 4.78 is 15.1. The smallest absolute Gasteiger partial charge is 0.298 e. The van der Waals surface area contributed by atoms with Gasteiger partial charge in [0.15, 0.2) is 0 Å². The van der Waals surface area contributed by atoms with Gasteiger partial charge in [0.2, 0.25) is 5.91 Å². The van der Waals surface area contributed by atoms with E-state index in [9.17, 15) is 9.59 Å². The van der Waals surface area contributed by atoms with Crippen LogP contribution in [0.2, 0.25) is 0 Å². The van der Waals surface area contributed by atoms with Crippen LogP contribution in [0.3, 0.4) is 0 Å². The van der Waals surface area contributed by atoms with Gasteiger partial charge in [-0.1, -0.05) is 11.5 Å². The van der Waals surface area contributed by atoms with Crippen molar-refractivity contribution in [3.05, 3.63) is 34.1 Å². The van der Waals surface area contributed by atoms with Crippen molar-refractivity contribution in [1.29, 1.82) is 0 Å². The number of rotatable bonds is 2. The summed E-state index contributed by atoms with van der Waals surface area (Å²) in [5, 5.41) is 0. The quantitative estimate of drug-likeness (QED) is 0.813. The molecule has 1 aliphatic carbocycles. The lowest BCUT2D eigenvalue weighted by Crippen LogP contribution is -2.57. The minimum absolute atomic E-state index is 0.0657. The number of primary amides is 1. The van der Waals surface area contributed by atoms with E-state index in [1.807, 2.05) is 18.7 Å². The van der Waals surface area contributed by atoms with Crippen molar-refractivity contribution in [1.82, 2.24) is 4.90 Å². The van der Waals surface area contributed by atoms with Gasteiger partial charge >= 0.3 is 0 Å². The zero-order chi connectivity index (χ0) is 19.5. The highest BCUT2D eigenvalue weighted by Crippen LogP contribution is 2.45. The molecule has 0 saturated carbocycles. The van der Waals surface area contributed by atoms with Gasteiger partial charge in [-0.05, 0) is 50.3 Å². The summed E-state index contributed by atoms with van der Waals surface area (Å²) in [5.74, 6) is 4.36. The van der Waals surface area contributed by atoms with E-state index in [4.69, 9.17) is 5.73 Å². The number of halogens is 1. The van der Waals surface area contributed by atoms with Crippen LogP contribution in [0.4, 0.5) is 10.1 Å². The van der Waals surface area contributed by atoms with E-state index in [0.29, 0.717) is 37.7 Å². The number of likely N-dealkylation sites (tertiary alicyclic amines) is 1. The summed E-state index contributed by atoms with van der Waals surface area (Å²) in [7, 11) is 0. The van der Waals surface area contributed by atoms with Crippen LogP contribution in [0.15, 0.2) is 11.6 Å². The fourth-order valence-electron chi connectivity index (χ4n) is 4.64. The maximum absolute atomic E-state index is 15.1. The molecule has 2 amide bonds. The number of fused-ring (bicyclic) bond motifs is 2. The number of carbonyl (C=O) groups excluding carboxylic acids is 2. The van der Waals surface area contributed by atoms with Crippen LogP contribution in [0.1, 0.15) is 42.3 Å². The van der Waals surface area contributed by atoms with Crippen LogP contribution in [0.25, 0.3) is 5.57 Å². The molecule has 2 fully saturated rings. The summed E-state index contributed by atoms with van der Waals surface area (Å²) in [6.07, 6.45) is 0.615. The molecule has 0 spiro atoms. The number of nitrogens with two attached hydrogens (primary N) is 1. The monoisotopic (exact) mass is 367 g/mol. The molecular weight excluding hydrogens is 345 g/mol. The molecule has 0 bridgehead atoms. The van der Waals surface area contributed by atoms with E-state index < -0.39 is 11.7 Å². The van der Waals surface area contributed by atoms with Gasteiger partial charge in [0.05, 0.1) is 11.7 Å².